The second-order valence-corrected chi connectivity index (χ2v) is 8.46. The molecule has 5 rings (SSSR count). The lowest BCUT2D eigenvalue weighted by atomic mass is 9.98. The number of aliphatic hydroxyl groups is 1. The summed E-state index contributed by atoms with van der Waals surface area (Å²) in [7, 11) is 0. The number of ether oxygens (including phenoxy) is 1. The van der Waals surface area contributed by atoms with E-state index in [1.54, 1.807) is 24.3 Å². The first-order chi connectivity index (χ1) is 14.5. The number of thiophene rings is 1. The van der Waals surface area contributed by atoms with Crippen molar-refractivity contribution < 1.29 is 23.8 Å². The molecule has 0 radical (unpaired) electrons. The summed E-state index contributed by atoms with van der Waals surface area (Å²) >= 11 is 1.44. The zero-order valence-corrected chi connectivity index (χ0v) is 17.0. The van der Waals surface area contributed by atoms with Gasteiger partial charge in [0.1, 0.15) is 29.4 Å². The van der Waals surface area contributed by atoms with Crippen molar-refractivity contribution in [1.29, 1.82) is 0 Å². The number of amides is 1. The predicted molar refractivity (Wildman–Crippen MR) is 111 cm³/mol. The third-order valence-electron chi connectivity index (χ3n) is 5.43. The molecule has 6 nitrogen and oxygen atoms in total. The fraction of sp³-hybridized carbons (Fsp3) is 0.217. The maximum atomic E-state index is 13.0. The number of fused-ring (bicyclic) bond motifs is 1. The Hall–Kier alpha value is -3.32. The Kier molecular flexibility index (Phi) is 4.47. The normalized spacial score (nSPS) is 22.4. The number of nitrogens with zero attached hydrogens (tertiary/aromatic N) is 1. The van der Waals surface area contributed by atoms with E-state index in [0.29, 0.717) is 11.3 Å². The number of likely N-dealkylation sites (tertiary alicyclic amines) is 1. The lowest BCUT2D eigenvalue weighted by Crippen LogP contribution is -2.28. The van der Waals surface area contributed by atoms with Gasteiger partial charge in [-0.3, -0.25) is 9.59 Å². The molecular formula is C23H19NO5S. The Balaban J connectivity index is 1.61. The predicted octanol–water partition coefficient (Wildman–Crippen LogP) is 4.29. The van der Waals surface area contributed by atoms with E-state index in [4.69, 9.17) is 9.15 Å². The Bertz CT molecular complexity index is 1150. The highest BCUT2D eigenvalue weighted by atomic mass is 32.1. The fourth-order valence-corrected chi connectivity index (χ4v) is 4.93. The largest absolute Gasteiger partial charge is 0.507 e. The van der Waals surface area contributed by atoms with Crippen LogP contribution in [0.5, 0.6) is 5.75 Å². The third-order valence-corrected chi connectivity index (χ3v) is 6.35. The summed E-state index contributed by atoms with van der Waals surface area (Å²) in [5, 5.41) is 13.0. The smallest absolute Gasteiger partial charge is 0.296 e. The molecule has 2 aliphatic rings. The van der Waals surface area contributed by atoms with Crippen LogP contribution in [0.2, 0.25) is 0 Å². The van der Waals surface area contributed by atoms with Crippen molar-refractivity contribution in [3.05, 3.63) is 81.4 Å². The van der Waals surface area contributed by atoms with Gasteiger partial charge in [0.25, 0.3) is 11.7 Å². The van der Waals surface area contributed by atoms with Gasteiger partial charge in [-0.15, -0.1) is 11.3 Å². The Morgan fingerprint density at radius 1 is 1.23 bits per heavy atom. The number of ketones is 1. The summed E-state index contributed by atoms with van der Waals surface area (Å²) in [6, 6.07) is 11.9. The molecule has 152 valence electrons. The van der Waals surface area contributed by atoms with Gasteiger partial charge in [-0.1, -0.05) is 6.07 Å². The van der Waals surface area contributed by atoms with Crippen LogP contribution in [0.15, 0.2) is 64.1 Å². The number of benzene rings is 1. The second kappa shape index (κ2) is 7.18. The number of carbonyl (C=O) groups is 2. The quantitative estimate of drug-likeness (QED) is 0.386. The van der Waals surface area contributed by atoms with E-state index in [1.807, 2.05) is 30.5 Å². The van der Waals surface area contributed by atoms with E-state index in [1.165, 1.54) is 22.5 Å². The first kappa shape index (κ1) is 18.7. The van der Waals surface area contributed by atoms with Gasteiger partial charge < -0.3 is 19.2 Å². The van der Waals surface area contributed by atoms with Crippen molar-refractivity contribution in [3.8, 4) is 5.75 Å². The molecule has 30 heavy (non-hydrogen) atoms. The average molecular weight is 421 g/mol. The maximum absolute atomic E-state index is 13.0. The van der Waals surface area contributed by atoms with Crippen molar-refractivity contribution in [2.75, 3.05) is 0 Å². The molecule has 0 aliphatic carbocycles. The van der Waals surface area contributed by atoms with Gasteiger partial charge in [0.15, 0.2) is 0 Å². The molecule has 1 aromatic carbocycles. The van der Waals surface area contributed by atoms with Crippen LogP contribution in [-0.2, 0) is 22.6 Å². The van der Waals surface area contributed by atoms with E-state index in [0.717, 1.165) is 22.6 Å². The lowest BCUT2D eigenvalue weighted by molar-refractivity contribution is -0.140. The average Bonchev–Trinajstić information content (AvgIpc) is 3.51. The van der Waals surface area contributed by atoms with Crippen molar-refractivity contribution in [1.82, 2.24) is 4.90 Å². The molecule has 4 heterocycles. The molecule has 0 bridgehead atoms. The van der Waals surface area contributed by atoms with Gasteiger partial charge in [-0.05, 0) is 54.3 Å². The Morgan fingerprint density at radius 2 is 2.10 bits per heavy atom. The standard InChI is InChI=1S/C23H19NO5S/c1-13-10-15-11-14(6-7-17(15)29-13)21(25)19-20(18-5-3-9-30-18)24(23(27)22(19)26)12-16-4-2-8-28-16/h2-9,11,13,20,25H,10,12H2,1H3/t13-,20+/m1/s1. The highest BCUT2D eigenvalue weighted by Crippen LogP contribution is 2.42. The second-order valence-electron chi connectivity index (χ2n) is 7.48. The first-order valence-electron chi connectivity index (χ1n) is 9.67. The molecule has 3 aromatic rings. The van der Waals surface area contributed by atoms with Gasteiger partial charge in [-0.2, -0.15) is 0 Å². The molecule has 1 amide bonds. The van der Waals surface area contributed by atoms with Crippen LogP contribution in [0.1, 0.15) is 34.7 Å². The molecule has 0 unspecified atom stereocenters. The minimum absolute atomic E-state index is 0.0717. The number of furan rings is 1. The van der Waals surface area contributed by atoms with Gasteiger partial charge in [0, 0.05) is 16.9 Å². The van der Waals surface area contributed by atoms with Crippen LogP contribution in [0.25, 0.3) is 5.76 Å². The Labute approximate surface area is 177 Å². The van der Waals surface area contributed by atoms with Crippen molar-refractivity contribution in [2.24, 2.45) is 0 Å². The minimum atomic E-state index is -0.692. The molecule has 1 fully saturated rings. The summed E-state index contributed by atoms with van der Waals surface area (Å²) in [6.07, 6.45) is 2.33. The van der Waals surface area contributed by atoms with Crippen LogP contribution in [0, 0.1) is 0 Å². The molecule has 1 saturated heterocycles. The van der Waals surface area contributed by atoms with Gasteiger partial charge in [0.2, 0.25) is 0 Å². The van der Waals surface area contributed by atoms with Gasteiger partial charge >= 0.3 is 0 Å². The number of hydrogen-bond acceptors (Lipinski definition) is 6. The van der Waals surface area contributed by atoms with Crippen molar-refractivity contribution in [2.45, 2.75) is 32.0 Å². The maximum Gasteiger partial charge on any atom is 0.296 e. The Morgan fingerprint density at radius 3 is 2.83 bits per heavy atom. The zero-order chi connectivity index (χ0) is 20.8. The zero-order valence-electron chi connectivity index (χ0n) is 16.2. The minimum Gasteiger partial charge on any atom is -0.507 e. The lowest BCUT2D eigenvalue weighted by Gasteiger charge is -2.23. The molecular weight excluding hydrogens is 402 g/mol. The molecule has 0 spiro atoms. The third kappa shape index (κ3) is 3.02. The molecule has 7 heteroatoms. The number of carbonyl (C=O) groups excluding carboxylic acids is 2. The van der Waals surface area contributed by atoms with Crippen LogP contribution in [0.4, 0.5) is 0 Å². The summed E-state index contributed by atoms with van der Waals surface area (Å²) in [4.78, 5) is 28.1. The van der Waals surface area contributed by atoms with Crippen LogP contribution in [-0.4, -0.2) is 27.8 Å². The van der Waals surface area contributed by atoms with E-state index in [9.17, 15) is 14.7 Å². The fourth-order valence-electron chi connectivity index (χ4n) is 4.08. The topological polar surface area (TPSA) is 80.0 Å². The summed E-state index contributed by atoms with van der Waals surface area (Å²) in [5.74, 6) is -0.155. The number of Topliss-reactive ketones (excluding diaryl/α,β-unsaturated/α-hetero) is 1. The van der Waals surface area contributed by atoms with E-state index in [2.05, 4.69) is 0 Å². The van der Waals surface area contributed by atoms with E-state index < -0.39 is 17.7 Å². The SMILES string of the molecule is C[C@@H]1Cc2cc(C(O)=C3C(=O)C(=O)N(Cc4ccco4)[C@H]3c3cccs3)ccc2O1. The van der Waals surface area contributed by atoms with E-state index in [-0.39, 0.29) is 24.0 Å². The number of rotatable bonds is 4. The van der Waals surface area contributed by atoms with Crippen LogP contribution < -0.4 is 4.74 Å². The summed E-state index contributed by atoms with van der Waals surface area (Å²) in [6.45, 7) is 2.13. The molecule has 2 aromatic heterocycles. The first-order valence-corrected chi connectivity index (χ1v) is 10.5. The molecule has 1 N–H and O–H groups in total. The summed E-state index contributed by atoms with van der Waals surface area (Å²) in [5.41, 5.74) is 1.58. The number of aliphatic hydroxyl groups excluding tert-OH is 1. The summed E-state index contributed by atoms with van der Waals surface area (Å²) < 4.78 is 11.1. The molecule has 0 saturated carbocycles. The van der Waals surface area contributed by atoms with E-state index >= 15 is 0 Å². The molecule has 2 aliphatic heterocycles. The highest BCUT2D eigenvalue weighted by Gasteiger charge is 2.46. The van der Waals surface area contributed by atoms with Gasteiger partial charge in [-0.25, -0.2) is 0 Å². The molecule has 2 atom stereocenters. The van der Waals surface area contributed by atoms with Gasteiger partial charge in [0.05, 0.1) is 18.4 Å². The van der Waals surface area contributed by atoms with Crippen molar-refractivity contribution in [3.63, 3.8) is 0 Å². The van der Waals surface area contributed by atoms with Crippen LogP contribution >= 0.6 is 11.3 Å². The van der Waals surface area contributed by atoms with Crippen LogP contribution in [0.3, 0.4) is 0 Å². The monoisotopic (exact) mass is 421 g/mol. The highest BCUT2D eigenvalue weighted by molar-refractivity contribution is 7.10. The number of hydrogen-bond donors (Lipinski definition) is 1. The van der Waals surface area contributed by atoms with Crippen molar-refractivity contribution >= 4 is 28.8 Å².